The van der Waals surface area contributed by atoms with Crippen molar-refractivity contribution >= 4 is 5.91 Å². The van der Waals surface area contributed by atoms with Crippen molar-refractivity contribution < 1.29 is 4.79 Å². The fourth-order valence-electron chi connectivity index (χ4n) is 1.90. The van der Waals surface area contributed by atoms with Crippen LogP contribution in [0, 0.1) is 5.92 Å². The molecule has 0 bridgehead atoms. The highest BCUT2D eigenvalue weighted by Crippen LogP contribution is 2.26. The summed E-state index contributed by atoms with van der Waals surface area (Å²) in [5, 5.41) is 3.34. The molecule has 0 aliphatic heterocycles. The molecule has 1 aliphatic rings. The lowest BCUT2D eigenvalue weighted by Crippen LogP contribution is -2.40. The summed E-state index contributed by atoms with van der Waals surface area (Å²) in [5.41, 5.74) is 0.104. The van der Waals surface area contributed by atoms with Gasteiger partial charge in [0, 0.05) is 32.1 Å². The van der Waals surface area contributed by atoms with Crippen molar-refractivity contribution in [3.63, 3.8) is 0 Å². The van der Waals surface area contributed by atoms with Gasteiger partial charge in [0.25, 0.3) is 0 Å². The number of hydrogen-bond donors (Lipinski definition) is 1. The topological polar surface area (TPSA) is 32.3 Å². The van der Waals surface area contributed by atoms with Gasteiger partial charge in [0.1, 0.15) is 0 Å². The van der Waals surface area contributed by atoms with Crippen LogP contribution in [0.4, 0.5) is 0 Å². The van der Waals surface area contributed by atoms with E-state index in [1.165, 1.54) is 19.3 Å². The standard InChI is InChI=1S/C13H26N2O/c1-13(2,3)14-9-8-12(16)15(4)10-11-6-5-7-11/h11,14H,5-10H2,1-4H3. The van der Waals surface area contributed by atoms with E-state index in [1.54, 1.807) is 0 Å². The molecule has 16 heavy (non-hydrogen) atoms. The Bertz CT molecular complexity index is 229. The van der Waals surface area contributed by atoms with Crippen molar-refractivity contribution in [3.8, 4) is 0 Å². The first-order chi connectivity index (χ1) is 7.38. The van der Waals surface area contributed by atoms with Crippen LogP contribution in [0.25, 0.3) is 0 Å². The van der Waals surface area contributed by atoms with Crippen molar-refractivity contribution in [2.75, 3.05) is 20.1 Å². The molecule has 3 nitrogen and oxygen atoms in total. The van der Waals surface area contributed by atoms with Crippen LogP contribution in [0.2, 0.25) is 0 Å². The second kappa shape index (κ2) is 5.67. The Morgan fingerprint density at radius 3 is 2.44 bits per heavy atom. The van der Waals surface area contributed by atoms with E-state index < -0.39 is 0 Å². The second-order valence-corrected chi connectivity index (χ2v) is 6.00. The SMILES string of the molecule is CN(CC1CCC1)C(=O)CCNC(C)(C)C. The fourth-order valence-corrected chi connectivity index (χ4v) is 1.90. The Morgan fingerprint density at radius 1 is 1.38 bits per heavy atom. The Balaban J connectivity index is 2.13. The number of carbonyl (C=O) groups excluding carboxylic acids is 1. The number of amides is 1. The number of hydrogen-bond acceptors (Lipinski definition) is 2. The van der Waals surface area contributed by atoms with Crippen LogP contribution in [0.15, 0.2) is 0 Å². The summed E-state index contributed by atoms with van der Waals surface area (Å²) in [6, 6.07) is 0. The molecule has 3 heteroatoms. The minimum absolute atomic E-state index is 0.104. The van der Waals surface area contributed by atoms with Crippen molar-refractivity contribution in [1.29, 1.82) is 0 Å². The van der Waals surface area contributed by atoms with Crippen LogP contribution >= 0.6 is 0 Å². The molecule has 1 saturated carbocycles. The predicted molar refractivity (Wildman–Crippen MR) is 67.4 cm³/mol. The van der Waals surface area contributed by atoms with Crippen LogP contribution in [-0.2, 0) is 4.79 Å². The maximum absolute atomic E-state index is 11.8. The summed E-state index contributed by atoms with van der Waals surface area (Å²) in [6.45, 7) is 8.09. The average Bonchev–Trinajstić information content (AvgIpc) is 2.08. The van der Waals surface area contributed by atoms with E-state index in [9.17, 15) is 4.79 Å². The zero-order valence-electron chi connectivity index (χ0n) is 11.2. The van der Waals surface area contributed by atoms with E-state index in [0.29, 0.717) is 6.42 Å². The Hall–Kier alpha value is -0.570. The highest BCUT2D eigenvalue weighted by molar-refractivity contribution is 5.76. The van der Waals surface area contributed by atoms with Gasteiger partial charge in [-0.25, -0.2) is 0 Å². The summed E-state index contributed by atoms with van der Waals surface area (Å²) < 4.78 is 0. The van der Waals surface area contributed by atoms with Gasteiger partial charge in [0.15, 0.2) is 0 Å². The normalized spacial score (nSPS) is 17.0. The first kappa shape index (κ1) is 13.5. The third kappa shape index (κ3) is 4.97. The molecule has 1 fully saturated rings. The predicted octanol–water partition coefficient (Wildman–Crippen LogP) is 2.02. The highest BCUT2D eigenvalue weighted by atomic mass is 16.2. The molecular weight excluding hydrogens is 200 g/mol. The summed E-state index contributed by atoms with van der Waals surface area (Å²) in [6.07, 6.45) is 4.56. The molecule has 94 valence electrons. The molecule has 1 aliphatic carbocycles. The van der Waals surface area contributed by atoms with E-state index in [2.05, 4.69) is 26.1 Å². The van der Waals surface area contributed by atoms with Crippen molar-refractivity contribution in [3.05, 3.63) is 0 Å². The lowest BCUT2D eigenvalue weighted by atomic mass is 9.85. The van der Waals surface area contributed by atoms with E-state index in [4.69, 9.17) is 0 Å². The smallest absolute Gasteiger partial charge is 0.223 e. The molecular formula is C13H26N2O. The summed E-state index contributed by atoms with van der Waals surface area (Å²) >= 11 is 0. The first-order valence-corrected chi connectivity index (χ1v) is 6.37. The minimum Gasteiger partial charge on any atom is -0.345 e. The molecule has 0 aromatic heterocycles. The molecule has 0 unspecified atom stereocenters. The average molecular weight is 226 g/mol. The molecule has 0 aromatic rings. The third-order valence-electron chi connectivity index (χ3n) is 3.18. The molecule has 1 rings (SSSR count). The number of nitrogens with one attached hydrogen (secondary N) is 1. The lowest BCUT2D eigenvalue weighted by molar-refractivity contribution is -0.130. The molecule has 1 N–H and O–H groups in total. The van der Waals surface area contributed by atoms with Gasteiger partial charge in [-0.05, 0) is 39.5 Å². The highest BCUT2D eigenvalue weighted by Gasteiger charge is 2.21. The van der Waals surface area contributed by atoms with Crippen LogP contribution < -0.4 is 5.32 Å². The van der Waals surface area contributed by atoms with E-state index in [-0.39, 0.29) is 11.4 Å². The Morgan fingerprint density at radius 2 is 2.00 bits per heavy atom. The first-order valence-electron chi connectivity index (χ1n) is 6.37. The van der Waals surface area contributed by atoms with Gasteiger partial charge < -0.3 is 10.2 Å². The summed E-state index contributed by atoms with van der Waals surface area (Å²) in [5.74, 6) is 1.04. The van der Waals surface area contributed by atoms with E-state index >= 15 is 0 Å². The van der Waals surface area contributed by atoms with Crippen LogP contribution in [0.3, 0.4) is 0 Å². The van der Waals surface area contributed by atoms with E-state index in [0.717, 1.165) is 19.0 Å². The van der Waals surface area contributed by atoms with Gasteiger partial charge in [0.2, 0.25) is 5.91 Å². The van der Waals surface area contributed by atoms with Gasteiger partial charge >= 0.3 is 0 Å². The quantitative estimate of drug-likeness (QED) is 0.778. The molecule has 0 spiro atoms. The van der Waals surface area contributed by atoms with E-state index in [1.807, 2.05) is 11.9 Å². The maximum atomic E-state index is 11.8. The van der Waals surface area contributed by atoms with Crippen molar-refractivity contribution in [2.24, 2.45) is 5.92 Å². The van der Waals surface area contributed by atoms with Gasteiger partial charge in [-0.15, -0.1) is 0 Å². The molecule has 1 amide bonds. The zero-order chi connectivity index (χ0) is 12.2. The minimum atomic E-state index is 0.104. The number of nitrogens with zero attached hydrogens (tertiary/aromatic N) is 1. The summed E-state index contributed by atoms with van der Waals surface area (Å²) in [7, 11) is 1.93. The van der Waals surface area contributed by atoms with Crippen LogP contribution in [-0.4, -0.2) is 36.5 Å². The second-order valence-electron chi connectivity index (χ2n) is 6.00. The molecule has 0 aromatic carbocycles. The van der Waals surface area contributed by atoms with Crippen LogP contribution in [0.1, 0.15) is 46.5 Å². The number of carbonyl (C=O) groups is 1. The molecule has 0 saturated heterocycles. The number of rotatable bonds is 5. The summed E-state index contributed by atoms with van der Waals surface area (Å²) in [4.78, 5) is 13.7. The zero-order valence-corrected chi connectivity index (χ0v) is 11.2. The van der Waals surface area contributed by atoms with Crippen molar-refractivity contribution in [2.45, 2.75) is 52.0 Å². The van der Waals surface area contributed by atoms with Crippen molar-refractivity contribution in [1.82, 2.24) is 10.2 Å². The lowest BCUT2D eigenvalue weighted by Gasteiger charge is -2.30. The molecule has 0 heterocycles. The van der Waals surface area contributed by atoms with Gasteiger partial charge in [-0.1, -0.05) is 6.42 Å². The van der Waals surface area contributed by atoms with Crippen LogP contribution in [0.5, 0.6) is 0 Å². The fraction of sp³-hybridized carbons (Fsp3) is 0.923. The van der Waals surface area contributed by atoms with Gasteiger partial charge in [-0.2, -0.15) is 0 Å². The maximum Gasteiger partial charge on any atom is 0.223 e. The van der Waals surface area contributed by atoms with Gasteiger partial charge in [-0.3, -0.25) is 4.79 Å². The Kier molecular flexibility index (Phi) is 4.78. The third-order valence-corrected chi connectivity index (χ3v) is 3.18. The Labute approximate surface area is 99.6 Å². The largest absolute Gasteiger partial charge is 0.345 e. The molecule has 0 radical (unpaired) electrons. The molecule has 0 atom stereocenters. The van der Waals surface area contributed by atoms with Gasteiger partial charge in [0.05, 0.1) is 0 Å². The monoisotopic (exact) mass is 226 g/mol.